The molecule has 2 aromatic carbocycles. The number of hydrogen-bond acceptors (Lipinski definition) is 9. The number of halogens is 3. The van der Waals surface area contributed by atoms with E-state index in [0.29, 0.717) is 28.3 Å². The molecule has 3 aromatic rings. The molecule has 0 unspecified atom stereocenters. The number of benzene rings is 2. The second kappa shape index (κ2) is 11.4. The molecule has 0 fully saturated rings. The maximum Gasteiger partial charge on any atom is 0.443 e. The molecule has 210 valence electrons. The number of carbonyl (C=O) groups is 1. The molecule has 5 N–H and O–H groups in total. The second-order valence-corrected chi connectivity index (χ2v) is 10.3. The zero-order chi connectivity index (χ0) is 29.1. The first kappa shape index (κ1) is 28.7. The molecular weight excluding hydrogens is 547 g/mol. The third-order valence-corrected chi connectivity index (χ3v) is 6.52. The number of para-hydroxylation sites is 1. The highest BCUT2D eigenvalue weighted by Gasteiger charge is 2.38. The summed E-state index contributed by atoms with van der Waals surface area (Å²) in [6.45, 7) is 3.55. The number of alkyl halides is 3. The van der Waals surface area contributed by atoms with Crippen LogP contribution in [0.5, 0.6) is 0 Å². The molecule has 0 saturated heterocycles. The Bertz CT molecular complexity index is 1460. The van der Waals surface area contributed by atoms with E-state index >= 15 is 0 Å². The number of rotatable bonds is 7. The zero-order valence-corrected chi connectivity index (χ0v) is 22.5. The van der Waals surface area contributed by atoms with Gasteiger partial charge in [0, 0.05) is 18.2 Å². The highest BCUT2D eigenvalue weighted by Crippen LogP contribution is 2.38. The number of nitrogens with one attached hydrogen (secondary N) is 5. The number of aliphatic imine (C=N–C) groups is 1. The van der Waals surface area contributed by atoms with E-state index in [9.17, 15) is 18.0 Å². The lowest BCUT2D eigenvalue weighted by atomic mass is 10.0. The molecule has 4 rings (SSSR count). The van der Waals surface area contributed by atoms with Crippen LogP contribution in [0.25, 0.3) is 0 Å². The number of nitrogens with zero attached hydrogens (tertiary/aromatic N) is 2. The van der Waals surface area contributed by atoms with Crippen LogP contribution in [-0.2, 0) is 20.4 Å². The minimum Gasteiger partial charge on any atom is -0.405 e. The lowest BCUT2D eigenvalue weighted by molar-refractivity contribution is -0.137. The topological polar surface area (TPSA) is 145 Å². The number of ether oxygens (including phenoxy) is 2. The molecule has 1 amide bonds. The van der Waals surface area contributed by atoms with Crippen LogP contribution in [0.3, 0.4) is 0 Å². The van der Waals surface area contributed by atoms with Crippen LogP contribution in [0.2, 0.25) is 0 Å². The van der Waals surface area contributed by atoms with Gasteiger partial charge in [-0.15, -0.1) is 0 Å². The molecule has 1 aliphatic heterocycles. The fourth-order valence-corrected chi connectivity index (χ4v) is 4.88. The van der Waals surface area contributed by atoms with Crippen LogP contribution < -0.4 is 16.0 Å². The normalized spacial score (nSPS) is 15.3. The van der Waals surface area contributed by atoms with Crippen molar-refractivity contribution in [3.8, 4) is 0 Å². The molecule has 0 spiro atoms. The Morgan fingerprint density at radius 3 is 2.45 bits per heavy atom. The summed E-state index contributed by atoms with van der Waals surface area (Å²) in [6, 6.07) is 15.4. The third-order valence-electron chi connectivity index (χ3n) is 5.51. The van der Waals surface area contributed by atoms with Gasteiger partial charge in [-0.1, -0.05) is 59.9 Å². The van der Waals surface area contributed by atoms with Gasteiger partial charge < -0.3 is 25.4 Å². The first-order valence-corrected chi connectivity index (χ1v) is 12.7. The number of hydrogen-bond donors (Lipinski definition) is 5. The number of benzodiazepines with no additional fused rings is 1. The van der Waals surface area contributed by atoms with E-state index in [-0.39, 0.29) is 11.6 Å². The molecule has 40 heavy (non-hydrogen) atoms. The SMILES string of the molecule is COCC(C)(C)Nc1sc(C(F)(F)F)nc1C(=N)OC(=N)N[C@H]1N=C(c2ccccc2)c2ccccc2NC1=O. The molecule has 0 bridgehead atoms. The van der Waals surface area contributed by atoms with Crippen LogP contribution in [0.15, 0.2) is 59.6 Å². The average molecular weight is 574 g/mol. The number of anilines is 2. The zero-order valence-electron chi connectivity index (χ0n) is 21.6. The summed E-state index contributed by atoms with van der Waals surface area (Å²) in [7, 11) is 1.45. The number of amidine groups is 1. The Balaban J connectivity index is 1.58. The Kier molecular flexibility index (Phi) is 8.21. The van der Waals surface area contributed by atoms with Crippen LogP contribution in [0.4, 0.5) is 23.9 Å². The number of carbonyl (C=O) groups excluding carboxylic acids is 1. The Morgan fingerprint density at radius 1 is 1.10 bits per heavy atom. The smallest absolute Gasteiger partial charge is 0.405 e. The highest BCUT2D eigenvalue weighted by atomic mass is 32.1. The minimum absolute atomic E-state index is 0.0841. The fourth-order valence-electron chi connectivity index (χ4n) is 3.87. The molecule has 2 heterocycles. The lowest BCUT2D eigenvalue weighted by Crippen LogP contribution is -2.43. The number of fused-ring (bicyclic) bond motifs is 1. The van der Waals surface area contributed by atoms with Gasteiger partial charge in [0.1, 0.15) is 5.00 Å². The minimum atomic E-state index is -4.76. The molecular formula is C26H26F3N7O3S. The van der Waals surface area contributed by atoms with Gasteiger partial charge in [-0.3, -0.25) is 15.6 Å². The quantitative estimate of drug-likeness (QED) is 0.205. The van der Waals surface area contributed by atoms with Gasteiger partial charge in [-0.25, -0.2) is 9.98 Å². The van der Waals surface area contributed by atoms with Gasteiger partial charge in [0.15, 0.2) is 5.69 Å². The first-order valence-electron chi connectivity index (χ1n) is 11.9. The van der Waals surface area contributed by atoms with Crippen LogP contribution >= 0.6 is 11.3 Å². The molecule has 0 aliphatic carbocycles. The summed E-state index contributed by atoms with van der Waals surface area (Å²) >= 11 is 0.304. The van der Waals surface area contributed by atoms with Crippen molar-refractivity contribution in [2.24, 2.45) is 4.99 Å². The highest BCUT2D eigenvalue weighted by molar-refractivity contribution is 7.16. The number of aromatic nitrogens is 1. The van der Waals surface area contributed by atoms with Crippen LogP contribution in [-0.4, -0.2) is 53.9 Å². The molecule has 1 aliphatic rings. The number of methoxy groups -OCH3 is 1. The molecule has 0 radical (unpaired) electrons. The van der Waals surface area contributed by atoms with Crippen molar-refractivity contribution in [3.63, 3.8) is 0 Å². The van der Waals surface area contributed by atoms with Crippen LogP contribution in [0.1, 0.15) is 35.7 Å². The van der Waals surface area contributed by atoms with Gasteiger partial charge in [0.2, 0.25) is 17.1 Å². The Morgan fingerprint density at radius 2 is 1.77 bits per heavy atom. The summed E-state index contributed by atoms with van der Waals surface area (Å²) in [5.41, 5.74) is 1.10. The average Bonchev–Trinajstić information content (AvgIpc) is 3.25. The Labute approximate surface area is 231 Å². The van der Waals surface area contributed by atoms with Crippen molar-refractivity contribution < 1.29 is 27.4 Å². The predicted octanol–water partition coefficient (Wildman–Crippen LogP) is 4.68. The summed E-state index contributed by atoms with van der Waals surface area (Å²) in [4.78, 5) is 21.1. The lowest BCUT2D eigenvalue weighted by Gasteiger charge is -2.26. The second-order valence-electron chi connectivity index (χ2n) is 9.32. The predicted molar refractivity (Wildman–Crippen MR) is 146 cm³/mol. The Hall–Kier alpha value is -4.30. The van der Waals surface area contributed by atoms with E-state index in [1.54, 1.807) is 38.1 Å². The van der Waals surface area contributed by atoms with E-state index < -0.39 is 46.4 Å². The van der Waals surface area contributed by atoms with E-state index in [4.69, 9.17) is 20.3 Å². The van der Waals surface area contributed by atoms with Gasteiger partial charge in [-0.05, 0) is 19.9 Å². The van der Waals surface area contributed by atoms with Crippen molar-refractivity contribution >= 4 is 45.6 Å². The first-order chi connectivity index (χ1) is 18.9. The summed E-state index contributed by atoms with van der Waals surface area (Å²) in [5, 5.41) is 23.4. The van der Waals surface area contributed by atoms with Crippen molar-refractivity contribution in [2.75, 3.05) is 24.4 Å². The molecule has 0 saturated carbocycles. The van der Waals surface area contributed by atoms with Gasteiger partial charge in [-0.2, -0.15) is 13.2 Å². The standard InChI is InChI=1S/C26H26F3N7O3S/c1-25(2,13-38-3)36-22-18(34-23(40-22)26(27,28)29)19(30)39-24(31)35-20-21(37)32-16-12-8-7-11-15(16)17(33-20)14-9-5-4-6-10-14/h4-12,20,30,36H,13H2,1-3H3,(H2,31,35)(H,32,37)/t20-/m1/s1. The summed E-state index contributed by atoms with van der Waals surface area (Å²) in [6.07, 6.45) is -6.10. The summed E-state index contributed by atoms with van der Waals surface area (Å²) < 4.78 is 50.6. The van der Waals surface area contributed by atoms with E-state index in [1.165, 1.54) is 7.11 Å². The number of amides is 1. The van der Waals surface area contributed by atoms with E-state index in [2.05, 4.69) is 25.9 Å². The maximum atomic E-state index is 13.4. The third kappa shape index (κ3) is 6.63. The van der Waals surface area contributed by atoms with Gasteiger partial charge in [0.25, 0.3) is 11.9 Å². The maximum absolute atomic E-state index is 13.4. The molecule has 1 atom stereocenters. The molecule has 1 aromatic heterocycles. The monoisotopic (exact) mass is 573 g/mol. The van der Waals surface area contributed by atoms with Crippen LogP contribution in [0, 0.1) is 10.8 Å². The summed E-state index contributed by atoms with van der Waals surface area (Å²) in [5.74, 6) is -1.43. The van der Waals surface area contributed by atoms with Crippen molar-refractivity contribution in [2.45, 2.75) is 31.7 Å². The number of thiazole rings is 1. The van der Waals surface area contributed by atoms with Crippen molar-refractivity contribution in [1.29, 1.82) is 10.8 Å². The largest absolute Gasteiger partial charge is 0.443 e. The van der Waals surface area contributed by atoms with E-state index in [0.717, 1.165) is 5.56 Å². The van der Waals surface area contributed by atoms with Gasteiger partial charge in [0.05, 0.1) is 23.5 Å². The van der Waals surface area contributed by atoms with Crippen molar-refractivity contribution in [1.82, 2.24) is 10.3 Å². The molecule has 14 heteroatoms. The van der Waals surface area contributed by atoms with Gasteiger partial charge >= 0.3 is 6.18 Å². The molecule has 10 nitrogen and oxygen atoms in total. The van der Waals surface area contributed by atoms with E-state index in [1.807, 2.05) is 30.3 Å². The fraction of sp³-hybridized carbons (Fsp3) is 0.269. The van der Waals surface area contributed by atoms with Crippen molar-refractivity contribution in [3.05, 3.63) is 76.4 Å².